The number of phenolic OH excluding ortho intramolecular Hbond substituents is 1. The third-order valence-corrected chi connectivity index (χ3v) is 6.53. The molecule has 9 heteroatoms. The van der Waals surface area contributed by atoms with Crippen LogP contribution in [0, 0.1) is 25.4 Å². The fourth-order valence-corrected chi connectivity index (χ4v) is 5.21. The molecule has 0 aliphatic carbocycles. The number of nitrogens with zero attached hydrogens (tertiary/aromatic N) is 1. The fraction of sp³-hybridized carbons (Fsp3) is 0.0909. The molecule has 0 saturated carbocycles. The Morgan fingerprint density at radius 3 is 2.39 bits per heavy atom. The second-order valence-corrected chi connectivity index (χ2v) is 9.79. The third-order valence-electron chi connectivity index (χ3n) is 4.51. The van der Waals surface area contributed by atoms with Gasteiger partial charge in [0.05, 0.1) is 21.1 Å². The Kier molecular flexibility index (Phi) is 9.95. The number of hydrogen-bond donors (Lipinski definition) is 2. The van der Waals surface area contributed by atoms with E-state index in [0.717, 1.165) is 14.7 Å². The van der Waals surface area contributed by atoms with E-state index in [1.165, 1.54) is 0 Å². The summed E-state index contributed by atoms with van der Waals surface area (Å²) in [7, 11) is 0. The summed E-state index contributed by atoms with van der Waals surface area (Å²) in [5, 5.41) is 23.7. The van der Waals surface area contributed by atoms with Crippen molar-refractivity contribution in [3.8, 4) is 11.8 Å². The van der Waals surface area contributed by atoms with Gasteiger partial charge in [0.25, 0.3) is 5.91 Å². The largest absolute Gasteiger partial charge is 1.00 e. The van der Waals surface area contributed by atoms with Crippen molar-refractivity contribution in [2.45, 2.75) is 12.8 Å². The van der Waals surface area contributed by atoms with Crippen LogP contribution in [-0.2, 0) is 0 Å². The summed E-state index contributed by atoms with van der Waals surface area (Å²) in [6, 6.07) is 16.1. The van der Waals surface area contributed by atoms with Crippen LogP contribution >= 0.6 is 68.4 Å². The summed E-state index contributed by atoms with van der Waals surface area (Å²) in [5.41, 5.74) is 2.86. The number of halogens is 4. The minimum Gasteiger partial charge on any atom is -0.506 e. The number of carbonyl (C=O) groups is 1. The number of hydrogen-bond acceptors (Lipinski definition) is 3. The van der Waals surface area contributed by atoms with Gasteiger partial charge in [-0.05, 0) is 99.1 Å². The first kappa shape index (κ1) is 26.7. The Balaban J connectivity index is 0.00000341. The first-order valence-corrected chi connectivity index (χ1v) is 11.6. The second kappa shape index (κ2) is 11.5. The average molecular weight is 686 g/mol. The molecule has 1 unspecified atom stereocenters. The van der Waals surface area contributed by atoms with Gasteiger partial charge in [-0.1, -0.05) is 41.4 Å². The van der Waals surface area contributed by atoms with Gasteiger partial charge >= 0.3 is 29.6 Å². The molecule has 1 atom stereocenters. The van der Waals surface area contributed by atoms with Gasteiger partial charge in [0.1, 0.15) is 5.75 Å². The molecular formula is C22H14Cl2I2N2NaO2+. The Morgan fingerprint density at radius 1 is 1.13 bits per heavy atom. The van der Waals surface area contributed by atoms with Crippen molar-refractivity contribution < 1.29 is 39.5 Å². The summed E-state index contributed by atoms with van der Waals surface area (Å²) < 4.78 is 1.43. The number of amides is 1. The van der Waals surface area contributed by atoms with E-state index in [1.54, 1.807) is 48.5 Å². The summed E-state index contributed by atoms with van der Waals surface area (Å²) in [6.07, 6.45) is 0. The van der Waals surface area contributed by atoms with E-state index in [0.29, 0.717) is 24.9 Å². The summed E-state index contributed by atoms with van der Waals surface area (Å²) in [6.45, 7) is 1.82. The van der Waals surface area contributed by atoms with Gasteiger partial charge in [-0.3, -0.25) is 4.79 Å². The van der Waals surface area contributed by atoms with Gasteiger partial charge in [0.15, 0.2) is 0 Å². The summed E-state index contributed by atoms with van der Waals surface area (Å²) in [5.74, 6) is -1.08. The minimum absolute atomic E-state index is 0. The molecule has 3 aromatic carbocycles. The maximum atomic E-state index is 12.7. The van der Waals surface area contributed by atoms with Crippen LogP contribution in [0.15, 0.2) is 48.5 Å². The number of nitrogens with one attached hydrogen (secondary N) is 1. The number of aromatic hydroxyl groups is 1. The van der Waals surface area contributed by atoms with Crippen LogP contribution in [0.25, 0.3) is 0 Å². The van der Waals surface area contributed by atoms with Gasteiger partial charge < -0.3 is 10.4 Å². The van der Waals surface area contributed by atoms with Crippen molar-refractivity contribution in [2.75, 3.05) is 5.32 Å². The minimum atomic E-state index is -0.570. The van der Waals surface area contributed by atoms with E-state index in [4.69, 9.17) is 23.2 Å². The molecule has 31 heavy (non-hydrogen) atoms. The van der Waals surface area contributed by atoms with Crippen LogP contribution in [0.1, 0.15) is 33.0 Å². The van der Waals surface area contributed by atoms with Gasteiger partial charge in [-0.25, -0.2) is 0 Å². The molecule has 0 heterocycles. The number of carbonyl (C=O) groups excluding carboxylic acids is 1. The number of benzene rings is 3. The van der Waals surface area contributed by atoms with Crippen molar-refractivity contribution in [2.24, 2.45) is 0 Å². The van der Waals surface area contributed by atoms with Crippen LogP contribution < -0.4 is 34.9 Å². The van der Waals surface area contributed by atoms with Crippen LogP contribution in [0.2, 0.25) is 10.0 Å². The molecule has 152 valence electrons. The number of rotatable bonds is 4. The van der Waals surface area contributed by atoms with Crippen LogP contribution in [-0.4, -0.2) is 11.0 Å². The van der Waals surface area contributed by atoms with Crippen molar-refractivity contribution in [3.63, 3.8) is 0 Å². The van der Waals surface area contributed by atoms with Crippen LogP contribution in [0.4, 0.5) is 5.69 Å². The van der Waals surface area contributed by atoms with E-state index < -0.39 is 11.8 Å². The second-order valence-electron chi connectivity index (χ2n) is 6.54. The zero-order valence-electron chi connectivity index (χ0n) is 16.5. The molecule has 0 radical (unpaired) electrons. The maximum absolute atomic E-state index is 12.7. The van der Waals surface area contributed by atoms with E-state index in [2.05, 4.69) is 34.0 Å². The van der Waals surface area contributed by atoms with Crippen molar-refractivity contribution in [3.05, 3.63) is 88.0 Å². The molecule has 4 nitrogen and oxygen atoms in total. The van der Waals surface area contributed by atoms with Crippen molar-refractivity contribution in [1.29, 1.82) is 5.26 Å². The maximum Gasteiger partial charge on any atom is 1.00 e. The van der Waals surface area contributed by atoms with Gasteiger partial charge in [-0.2, -0.15) is 5.26 Å². The average Bonchev–Trinajstić information content (AvgIpc) is 2.70. The molecule has 0 aromatic heterocycles. The third kappa shape index (κ3) is 6.28. The Labute approximate surface area is 239 Å². The Morgan fingerprint density at radius 2 is 1.77 bits per heavy atom. The quantitative estimate of drug-likeness (QED) is 0.321. The topological polar surface area (TPSA) is 73.1 Å². The zero-order chi connectivity index (χ0) is 22.0. The van der Waals surface area contributed by atoms with Gasteiger partial charge in [0.2, 0.25) is 0 Å². The molecule has 0 bridgehead atoms. The predicted octanol–water partition coefficient (Wildman–Crippen LogP) is 4.13. The SMILES string of the molecule is Cc1cc(C(C#N)c2ccc(Cl)cc2)c(Cl)cc1NC(=O)c1cc(I)cc(I)c1O.[Na+]. The summed E-state index contributed by atoms with van der Waals surface area (Å²) in [4.78, 5) is 12.7. The predicted molar refractivity (Wildman–Crippen MR) is 137 cm³/mol. The molecule has 0 aliphatic rings. The van der Waals surface area contributed by atoms with Gasteiger partial charge in [-0.15, -0.1) is 0 Å². The molecule has 0 spiro atoms. The first-order chi connectivity index (χ1) is 14.2. The molecule has 3 rings (SSSR count). The van der Waals surface area contributed by atoms with Crippen molar-refractivity contribution in [1.82, 2.24) is 0 Å². The Bertz CT molecular complexity index is 1180. The first-order valence-electron chi connectivity index (χ1n) is 8.65. The van der Waals surface area contributed by atoms with E-state index in [9.17, 15) is 15.2 Å². The molecule has 3 aromatic rings. The molecule has 0 fully saturated rings. The smallest absolute Gasteiger partial charge is 0.506 e. The molecule has 0 aliphatic heterocycles. The number of nitriles is 1. The number of anilines is 1. The van der Waals surface area contributed by atoms with Crippen molar-refractivity contribution >= 4 is 80.0 Å². The normalized spacial score (nSPS) is 11.2. The zero-order valence-corrected chi connectivity index (χ0v) is 24.3. The van der Waals surface area contributed by atoms with E-state index >= 15 is 0 Å². The molecule has 1 amide bonds. The van der Waals surface area contributed by atoms with Crippen LogP contribution in [0.3, 0.4) is 0 Å². The molecule has 0 saturated heterocycles. The van der Waals surface area contributed by atoms with E-state index in [1.807, 2.05) is 29.5 Å². The summed E-state index contributed by atoms with van der Waals surface area (Å²) >= 11 is 16.5. The molecular weight excluding hydrogens is 672 g/mol. The molecule has 2 N–H and O–H groups in total. The standard InChI is InChI=1S/C22H14Cl2I2N2O2.Na/c1-11-6-15(17(10-27)12-2-4-13(23)5-3-12)18(24)9-20(11)28-22(30)16-7-14(25)8-19(26)21(16)29;/h2-9,17,29H,1H3,(H,28,30);/q;+1. The van der Waals surface area contributed by atoms with E-state index in [-0.39, 0.29) is 40.9 Å². The fourth-order valence-electron chi connectivity index (χ4n) is 2.97. The monoisotopic (exact) mass is 685 g/mol. The Hall–Kier alpha value is -0.540. The number of phenols is 1. The van der Waals surface area contributed by atoms with Crippen LogP contribution in [0.5, 0.6) is 5.75 Å². The van der Waals surface area contributed by atoms with Gasteiger partial charge in [0, 0.05) is 19.3 Å². The number of aryl methyl sites for hydroxylation is 1.